The summed E-state index contributed by atoms with van der Waals surface area (Å²) < 4.78 is 1.96. The number of rotatable bonds is 5. The Hall–Kier alpha value is -3.85. The summed E-state index contributed by atoms with van der Waals surface area (Å²) in [7, 11) is 1.97. The highest BCUT2D eigenvalue weighted by molar-refractivity contribution is 6.04. The molecule has 1 saturated carbocycles. The fourth-order valence-electron chi connectivity index (χ4n) is 4.06. The van der Waals surface area contributed by atoms with E-state index >= 15 is 0 Å². The zero-order chi connectivity index (χ0) is 22.2. The van der Waals surface area contributed by atoms with Crippen molar-refractivity contribution in [1.82, 2.24) is 30.0 Å². The van der Waals surface area contributed by atoms with Gasteiger partial charge in [0, 0.05) is 22.9 Å². The monoisotopic (exact) mass is 428 g/mol. The minimum atomic E-state index is -0.222. The molecule has 9 heteroatoms. The maximum Gasteiger partial charge on any atom is 0.256 e. The van der Waals surface area contributed by atoms with Crippen LogP contribution in [0.1, 0.15) is 34.9 Å². The number of benzene rings is 1. The van der Waals surface area contributed by atoms with Crippen LogP contribution < -0.4 is 16.4 Å². The van der Waals surface area contributed by atoms with Gasteiger partial charge in [-0.1, -0.05) is 18.2 Å². The summed E-state index contributed by atoms with van der Waals surface area (Å²) >= 11 is 0. The van der Waals surface area contributed by atoms with Crippen LogP contribution in [0.5, 0.6) is 0 Å². The van der Waals surface area contributed by atoms with Crippen LogP contribution in [0.25, 0.3) is 22.3 Å². The first-order chi connectivity index (χ1) is 15.5. The van der Waals surface area contributed by atoms with Gasteiger partial charge in [-0.25, -0.2) is 19.6 Å². The average Bonchev–Trinajstić information content (AvgIpc) is 3.14. The molecule has 0 spiro atoms. The van der Waals surface area contributed by atoms with E-state index in [0.717, 1.165) is 40.8 Å². The Balaban J connectivity index is 1.45. The van der Waals surface area contributed by atoms with Gasteiger partial charge in [0.25, 0.3) is 5.91 Å². The molecule has 32 heavy (non-hydrogen) atoms. The van der Waals surface area contributed by atoms with Crippen LogP contribution in [0.15, 0.2) is 48.8 Å². The number of nitrogen functional groups attached to an aromatic ring is 1. The Morgan fingerprint density at radius 3 is 2.62 bits per heavy atom. The highest BCUT2D eigenvalue weighted by Gasteiger charge is 2.32. The highest BCUT2D eigenvalue weighted by atomic mass is 16.1. The van der Waals surface area contributed by atoms with E-state index in [9.17, 15) is 4.79 Å². The van der Waals surface area contributed by atoms with E-state index < -0.39 is 0 Å². The van der Waals surface area contributed by atoms with Gasteiger partial charge in [0.1, 0.15) is 23.7 Å². The number of nitrogens with zero attached hydrogens (tertiary/aromatic N) is 5. The number of anilines is 2. The lowest BCUT2D eigenvalue weighted by atomic mass is 9.87. The molecule has 5 rings (SSSR count). The molecule has 0 unspecified atom stereocenters. The van der Waals surface area contributed by atoms with Gasteiger partial charge < -0.3 is 16.4 Å². The lowest BCUT2D eigenvalue weighted by molar-refractivity contribution is 0.102. The predicted octanol–water partition coefficient (Wildman–Crippen LogP) is 2.95. The summed E-state index contributed by atoms with van der Waals surface area (Å²) in [5.41, 5.74) is 9.89. The van der Waals surface area contributed by atoms with Gasteiger partial charge in [0.2, 0.25) is 0 Å². The third kappa shape index (κ3) is 3.56. The normalized spacial score (nSPS) is 17.8. The van der Waals surface area contributed by atoms with E-state index in [1.807, 2.05) is 42.9 Å². The first-order valence-electron chi connectivity index (χ1n) is 10.5. The molecule has 9 nitrogen and oxygen atoms in total. The number of hydrogen-bond acceptors (Lipinski definition) is 7. The van der Waals surface area contributed by atoms with Gasteiger partial charge in [-0.15, -0.1) is 0 Å². The van der Waals surface area contributed by atoms with Crippen molar-refractivity contribution in [2.24, 2.45) is 0 Å². The Labute approximate surface area is 185 Å². The summed E-state index contributed by atoms with van der Waals surface area (Å²) in [4.78, 5) is 25.6. The molecule has 1 amide bonds. The summed E-state index contributed by atoms with van der Waals surface area (Å²) in [5.74, 6) is 0.697. The predicted molar refractivity (Wildman–Crippen MR) is 123 cm³/mol. The van der Waals surface area contributed by atoms with E-state index in [1.54, 1.807) is 18.2 Å². The minimum Gasteiger partial charge on any atom is -0.383 e. The number of carbonyl (C=O) groups is 1. The van der Waals surface area contributed by atoms with E-state index in [-0.39, 0.29) is 11.9 Å². The number of amides is 1. The lowest BCUT2D eigenvalue weighted by Crippen LogP contribution is -2.40. The number of fused-ring (bicyclic) bond motifs is 1. The summed E-state index contributed by atoms with van der Waals surface area (Å²) in [6.07, 6.45) is 3.45. The summed E-state index contributed by atoms with van der Waals surface area (Å²) in [6, 6.07) is 13.5. The second kappa shape index (κ2) is 8.01. The van der Waals surface area contributed by atoms with E-state index in [4.69, 9.17) is 10.8 Å². The molecule has 0 saturated heterocycles. The van der Waals surface area contributed by atoms with E-state index in [0.29, 0.717) is 23.2 Å². The molecule has 0 radical (unpaired) electrons. The zero-order valence-corrected chi connectivity index (χ0v) is 17.9. The maximum atomic E-state index is 12.6. The van der Waals surface area contributed by atoms with E-state index in [2.05, 4.69) is 25.6 Å². The molecule has 1 aromatic carbocycles. The molecule has 1 fully saturated rings. The van der Waals surface area contributed by atoms with Crippen molar-refractivity contribution >= 4 is 28.6 Å². The Morgan fingerprint density at radius 1 is 1.12 bits per heavy atom. The van der Waals surface area contributed by atoms with Crippen molar-refractivity contribution in [3.8, 4) is 11.3 Å². The van der Waals surface area contributed by atoms with Crippen molar-refractivity contribution in [3.63, 3.8) is 0 Å². The van der Waals surface area contributed by atoms with Crippen molar-refractivity contribution < 1.29 is 4.79 Å². The Morgan fingerprint density at radius 2 is 1.91 bits per heavy atom. The van der Waals surface area contributed by atoms with Crippen LogP contribution >= 0.6 is 0 Å². The fourth-order valence-corrected chi connectivity index (χ4v) is 4.06. The molecule has 1 aliphatic rings. The molecule has 1 aliphatic carbocycles. The number of carbonyl (C=O) groups excluding carboxylic acids is 1. The number of nitrogens with one attached hydrogen (secondary N) is 2. The van der Waals surface area contributed by atoms with Crippen LogP contribution in [-0.2, 0) is 0 Å². The molecule has 0 atom stereocenters. The van der Waals surface area contributed by atoms with Crippen LogP contribution in [0.3, 0.4) is 0 Å². The van der Waals surface area contributed by atoms with Gasteiger partial charge in [-0.3, -0.25) is 4.79 Å². The molecular weight excluding hydrogens is 404 g/mol. The molecule has 0 bridgehead atoms. The van der Waals surface area contributed by atoms with E-state index in [1.165, 1.54) is 6.33 Å². The smallest absolute Gasteiger partial charge is 0.256 e. The molecule has 3 heterocycles. The minimum absolute atomic E-state index is 0.222. The lowest BCUT2D eigenvalue weighted by Gasteiger charge is -2.35. The summed E-state index contributed by atoms with van der Waals surface area (Å²) in [5, 5.41) is 11.7. The largest absolute Gasteiger partial charge is 0.383 e. The summed E-state index contributed by atoms with van der Waals surface area (Å²) in [6.45, 7) is 1.88. The quantitative estimate of drug-likeness (QED) is 0.446. The van der Waals surface area contributed by atoms with Crippen molar-refractivity contribution in [2.45, 2.75) is 31.8 Å². The Bertz CT molecular complexity index is 1290. The van der Waals surface area contributed by atoms with Crippen LogP contribution in [0.2, 0.25) is 0 Å². The van der Waals surface area contributed by atoms with Crippen LogP contribution in [0.4, 0.5) is 11.6 Å². The molecule has 4 N–H and O–H groups in total. The van der Waals surface area contributed by atoms with Crippen molar-refractivity contribution in [3.05, 3.63) is 60.0 Å². The third-order valence-corrected chi connectivity index (χ3v) is 5.94. The standard InChI is InChI=1S/C23H24N8O/c1-13-4-3-5-18(28-13)29-23(32)15-8-6-14(7-9-15)20-19-21(24)26-12-27-22(19)31(30-20)17-10-16(11-17)25-2/h3-9,12,16-17,25H,10-11H2,1-2H3,(H2,24,26,27)(H,28,29,32)/t16-,17+. The maximum absolute atomic E-state index is 12.6. The SMILES string of the molecule is CN[C@H]1C[C@@H](n2nc(-c3ccc(C(=O)Nc4cccc(C)n4)cc3)c3c(N)ncnc32)C1. The number of aryl methyl sites for hydroxylation is 1. The van der Waals surface area contributed by atoms with Crippen LogP contribution in [-0.4, -0.2) is 43.7 Å². The number of hydrogen-bond donors (Lipinski definition) is 3. The molecule has 0 aliphatic heterocycles. The zero-order valence-electron chi connectivity index (χ0n) is 17.9. The van der Waals surface area contributed by atoms with Gasteiger partial charge in [0.15, 0.2) is 5.65 Å². The fraction of sp³-hybridized carbons (Fsp3) is 0.261. The number of aromatic nitrogens is 5. The van der Waals surface area contributed by atoms with Crippen LogP contribution in [0, 0.1) is 6.92 Å². The second-order valence-electron chi connectivity index (χ2n) is 8.06. The van der Waals surface area contributed by atoms with Gasteiger partial charge >= 0.3 is 0 Å². The second-order valence-corrected chi connectivity index (χ2v) is 8.06. The van der Waals surface area contributed by atoms with Crippen molar-refractivity contribution in [2.75, 3.05) is 18.1 Å². The van der Waals surface area contributed by atoms with Gasteiger partial charge in [-0.2, -0.15) is 5.10 Å². The highest BCUT2D eigenvalue weighted by Crippen LogP contribution is 2.37. The third-order valence-electron chi connectivity index (χ3n) is 5.94. The molecule has 3 aromatic heterocycles. The average molecular weight is 429 g/mol. The first kappa shape index (κ1) is 20.1. The Kier molecular flexibility index (Phi) is 5.02. The van der Waals surface area contributed by atoms with Crippen molar-refractivity contribution in [1.29, 1.82) is 0 Å². The first-order valence-corrected chi connectivity index (χ1v) is 10.5. The molecule has 162 valence electrons. The number of pyridine rings is 1. The molecular formula is C23H24N8O. The topological polar surface area (TPSA) is 124 Å². The van der Waals surface area contributed by atoms with Gasteiger partial charge in [0.05, 0.1) is 11.4 Å². The number of nitrogens with two attached hydrogens (primary N) is 1. The molecule has 4 aromatic rings. The van der Waals surface area contributed by atoms with Gasteiger partial charge in [-0.05, 0) is 51.1 Å².